The summed E-state index contributed by atoms with van der Waals surface area (Å²) in [5.41, 5.74) is 0.932. The summed E-state index contributed by atoms with van der Waals surface area (Å²) in [6.45, 7) is 4.88. The zero-order valence-electron chi connectivity index (χ0n) is 17.3. The lowest BCUT2D eigenvalue weighted by Gasteiger charge is -2.20. The van der Waals surface area contributed by atoms with Gasteiger partial charge in [-0.2, -0.15) is 13.2 Å². The zero-order valence-corrected chi connectivity index (χ0v) is 18.1. The number of hydrogen-bond donors (Lipinski definition) is 0. The van der Waals surface area contributed by atoms with Crippen molar-refractivity contribution in [3.05, 3.63) is 74.3 Å². The van der Waals surface area contributed by atoms with Crippen LogP contribution in [0.2, 0.25) is 0 Å². The molecule has 0 fully saturated rings. The molecular formula is C21H18F3N3O4S. The fourth-order valence-corrected chi connectivity index (χ4v) is 3.92. The number of nitrogens with zero attached hydrogens (tertiary/aromatic N) is 3. The van der Waals surface area contributed by atoms with Crippen LogP contribution in [-0.4, -0.2) is 15.8 Å². The molecule has 3 aromatic rings. The Labute approximate surface area is 185 Å². The van der Waals surface area contributed by atoms with Crippen LogP contribution in [0.5, 0.6) is 5.75 Å². The molecule has 0 bridgehead atoms. The average Bonchev–Trinajstić information content (AvgIpc) is 3.15. The summed E-state index contributed by atoms with van der Waals surface area (Å²) >= 11 is 1.15. The number of aryl methyl sites for hydroxylation is 2. The van der Waals surface area contributed by atoms with Crippen molar-refractivity contribution >= 4 is 33.8 Å². The van der Waals surface area contributed by atoms with Crippen LogP contribution in [0.25, 0.3) is 0 Å². The van der Waals surface area contributed by atoms with E-state index in [1.807, 2.05) is 26.0 Å². The summed E-state index contributed by atoms with van der Waals surface area (Å²) < 4.78 is 45.2. The highest BCUT2D eigenvalue weighted by molar-refractivity contribution is 7.14. The van der Waals surface area contributed by atoms with Crippen molar-refractivity contribution in [2.45, 2.75) is 33.6 Å². The monoisotopic (exact) mass is 465 g/mol. The van der Waals surface area contributed by atoms with Gasteiger partial charge in [-0.3, -0.25) is 19.8 Å². The smallest absolute Gasteiger partial charge is 0.420 e. The molecule has 0 saturated heterocycles. The van der Waals surface area contributed by atoms with Gasteiger partial charge in [0.05, 0.1) is 16.3 Å². The number of amides is 1. The number of non-ortho nitro benzene ring substituents is 1. The fourth-order valence-electron chi connectivity index (χ4n) is 3.06. The SMILES string of the molecule is CC(=O)N(c1nc(COc2ccc([N+](=O)[O-])cc2C(F)(F)F)cs1)c1ccc(C)cc1C. The third-order valence-electron chi connectivity index (χ3n) is 4.49. The van der Waals surface area contributed by atoms with Crippen molar-refractivity contribution in [3.63, 3.8) is 0 Å². The Bertz CT molecular complexity index is 1180. The van der Waals surface area contributed by atoms with Crippen molar-refractivity contribution in [1.82, 2.24) is 4.98 Å². The third-order valence-corrected chi connectivity index (χ3v) is 5.37. The Morgan fingerprint density at radius 2 is 1.94 bits per heavy atom. The lowest BCUT2D eigenvalue weighted by molar-refractivity contribution is -0.385. The molecule has 11 heteroatoms. The molecule has 0 N–H and O–H groups in total. The number of aromatic nitrogens is 1. The maximum absolute atomic E-state index is 13.3. The van der Waals surface area contributed by atoms with Gasteiger partial charge < -0.3 is 4.74 Å². The number of alkyl halides is 3. The average molecular weight is 465 g/mol. The van der Waals surface area contributed by atoms with Crippen LogP contribution >= 0.6 is 11.3 Å². The maximum Gasteiger partial charge on any atom is 0.420 e. The number of carbonyl (C=O) groups excluding carboxylic acids is 1. The molecule has 0 atom stereocenters. The molecule has 0 spiro atoms. The first-order chi connectivity index (χ1) is 15.0. The molecular weight excluding hydrogens is 447 g/mol. The molecule has 1 amide bonds. The van der Waals surface area contributed by atoms with Crippen LogP contribution < -0.4 is 9.64 Å². The lowest BCUT2D eigenvalue weighted by Crippen LogP contribution is -2.23. The largest absolute Gasteiger partial charge is 0.487 e. The second-order valence-corrected chi connectivity index (χ2v) is 7.83. The fraction of sp³-hybridized carbons (Fsp3) is 0.238. The number of halogens is 3. The number of ether oxygens (including phenoxy) is 1. The van der Waals surface area contributed by atoms with E-state index in [-0.39, 0.29) is 12.5 Å². The van der Waals surface area contributed by atoms with Gasteiger partial charge in [-0.05, 0) is 31.5 Å². The molecule has 3 rings (SSSR count). The molecule has 1 aromatic heterocycles. The highest BCUT2D eigenvalue weighted by Crippen LogP contribution is 2.39. The highest BCUT2D eigenvalue weighted by Gasteiger charge is 2.36. The van der Waals surface area contributed by atoms with Gasteiger partial charge in [0.25, 0.3) is 5.69 Å². The summed E-state index contributed by atoms with van der Waals surface area (Å²) in [4.78, 5) is 28.0. The first-order valence-corrected chi connectivity index (χ1v) is 10.2. The quantitative estimate of drug-likeness (QED) is 0.332. The van der Waals surface area contributed by atoms with Gasteiger partial charge in [0.1, 0.15) is 17.9 Å². The Morgan fingerprint density at radius 1 is 1.22 bits per heavy atom. The van der Waals surface area contributed by atoms with Crippen LogP contribution in [0, 0.1) is 24.0 Å². The summed E-state index contributed by atoms with van der Waals surface area (Å²) in [5, 5.41) is 12.7. The van der Waals surface area contributed by atoms with Crippen LogP contribution in [0.15, 0.2) is 41.8 Å². The minimum atomic E-state index is -4.83. The van der Waals surface area contributed by atoms with Crippen LogP contribution in [0.1, 0.15) is 29.3 Å². The Kier molecular flexibility index (Phi) is 6.49. The Hall–Kier alpha value is -3.47. The molecule has 0 radical (unpaired) electrons. The number of thiazole rings is 1. The number of carbonyl (C=O) groups is 1. The van der Waals surface area contributed by atoms with E-state index in [0.717, 1.165) is 34.6 Å². The van der Waals surface area contributed by atoms with Gasteiger partial charge in [0, 0.05) is 24.4 Å². The van der Waals surface area contributed by atoms with E-state index in [9.17, 15) is 28.1 Å². The number of rotatable bonds is 6. The molecule has 32 heavy (non-hydrogen) atoms. The maximum atomic E-state index is 13.3. The number of nitro groups is 1. The minimum Gasteiger partial charge on any atom is -0.487 e. The van der Waals surface area contributed by atoms with Gasteiger partial charge in [-0.15, -0.1) is 11.3 Å². The van der Waals surface area contributed by atoms with E-state index in [0.29, 0.717) is 22.6 Å². The third kappa shape index (κ3) is 5.05. The second-order valence-electron chi connectivity index (χ2n) is 6.99. The van der Waals surface area contributed by atoms with Crippen molar-refractivity contribution in [2.24, 2.45) is 0 Å². The van der Waals surface area contributed by atoms with Crippen molar-refractivity contribution in [3.8, 4) is 5.75 Å². The predicted octanol–water partition coefficient (Wildman–Crippen LogP) is 5.95. The number of anilines is 2. The molecule has 0 saturated carbocycles. The van der Waals surface area contributed by atoms with E-state index in [1.54, 1.807) is 11.4 Å². The van der Waals surface area contributed by atoms with Crippen molar-refractivity contribution in [1.29, 1.82) is 0 Å². The first kappa shape index (κ1) is 23.2. The molecule has 0 unspecified atom stereocenters. The molecule has 0 aliphatic carbocycles. The van der Waals surface area contributed by atoms with Gasteiger partial charge >= 0.3 is 6.18 Å². The van der Waals surface area contributed by atoms with Gasteiger partial charge in [0.15, 0.2) is 5.13 Å². The first-order valence-electron chi connectivity index (χ1n) is 9.28. The van der Waals surface area contributed by atoms with E-state index >= 15 is 0 Å². The molecule has 7 nitrogen and oxygen atoms in total. The van der Waals surface area contributed by atoms with Crippen LogP contribution in [-0.2, 0) is 17.6 Å². The molecule has 2 aromatic carbocycles. The predicted molar refractivity (Wildman–Crippen MR) is 113 cm³/mol. The number of nitro benzene ring substituents is 1. The van der Waals surface area contributed by atoms with Crippen molar-refractivity contribution < 1.29 is 27.6 Å². The van der Waals surface area contributed by atoms with E-state index in [1.165, 1.54) is 11.8 Å². The van der Waals surface area contributed by atoms with Gasteiger partial charge in [-0.1, -0.05) is 17.7 Å². The lowest BCUT2D eigenvalue weighted by atomic mass is 10.1. The summed E-state index contributed by atoms with van der Waals surface area (Å²) in [6.07, 6.45) is -4.83. The topological polar surface area (TPSA) is 85.6 Å². The van der Waals surface area contributed by atoms with E-state index < -0.39 is 28.1 Å². The summed E-state index contributed by atoms with van der Waals surface area (Å²) in [7, 11) is 0. The van der Waals surface area contributed by atoms with E-state index in [2.05, 4.69) is 4.98 Å². The summed E-state index contributed by atoms with van der Waals surface area (Å²) in [6, 6.07) is 7.87. The number of hydrogen-bond acceptors (Lipinski definition) is 6. The molecule has 0 aliphatic rings. The van der Waals surface area contributed by atoms with E-state index in [4.69, 9.17) is 4.74 Å². The molecule has 1 heterocycles. The van der Waals surface area contributed by atoms with Gasteiger partial charge in [-0.25, -0.2) is 4.98 Å². The molecule has 0 aliphatic heterocycles. The Balaban J connectivity index is 1.85. The van der Waals surface area contributed by atoms with Crippen molar-refractivity contribution in [2.75, 3.05) is 4.90 Å². The number of benzene rings is 2. The molecule has 168 valence electrons. The normalized spacial score (nSPS) is 11.3. The Morgan fingerprint density at radius 3 is 2.53 bits per heavy atom. The van der Waals surface area contributed by atoms with Gasteiger partial charge in [0.2, 0.25) is 5.91 Å². The van der Waals surface area contributed by atoms with Crippen LogP contribution in [0.3, 0.4) is 0 Å². The minimum absolute atomic E-state index is 0.270. The highest BCUT2D eigenvalue weighted by atomic mass is 32.1. The van der Waals surface area contributed by atoms with Crippen LogP contribution in [0.4, 0.5) is 29.7 Å². The second kappa shape index (κ2) is 8.95. The summed E-state index contributed by atoms with van der Waals surface area (Å²) in [5.74, 6) is -0.816. The zero-order chi connectivity index (χ0) is 23.6. The standard InChI is InChI=1S/C21H18F3N3O4S/c1-12-4-6-18(13(2)8-12)26(14(3)28)20-25-15(11-32-20)10-31-19-7-5-16(27(29)30)9-17(19)21(22,23)24/h4-9,11H,10H2,1-3H3.